The van der Waals surface area contributed by atoms with Crippen LogP contribution < -0.4 is 0 Å². The third kappa shape index (κ3) is 2.70. The Labute approximate surface area is 106 Å². The van der Waals surface area contributed by atoms with Gasteiger partial charge in [-0.15, -0.1) is 11.3 Å². The topological polar surface area (TPSA) is 33.1 Å². The molecule has 0 saturated heterocycles. The van der Waals surface area contributed by atoms with E-state index in [2.05, 4.69) is 4.98 Å². The maximum atomic E-state index is 12.4. The molecule has 1 atom stereocenters. The average molecular weight is 273 g/mol. The van der Waals surface area contributed by atoms with Crippen LogP contribution in [0.5, 0.6) is 0 Å². The van der Waals surface area contributed by atoms with Gasteiger partial charge in [-0.05, 0) is 19.1 Å². The van der Waals surface area contributed by atoms with Crippen LogP contribution >= 0.6 is 11.3 Å². The van der Waals surface area contributed by atoms with Crippen molar-refractivity contribution in [3.8, 4) is 11.3 Å². The van der Waals surface area contributed by atoms with E-state index in [-0.39, 0.29) is 0 Å². The minimum Gasteiger partial charge on any atom is -0.386 e. The van der Waals surface area contributed by atoms with Crippen molar-refractivity contribution in [3.63, 3.8) is 0 Å². The molecule has 1 aromatic carbocycles. The number of halogens is 3. The second kappa shape index (κ2) is 4.70. The summed E-state index contributed by atoms with van der Waals surface area (Å²) in [5, 5.41) is 11.6. The van der Waals surface area contributed by atoms with Crippen LogP contribution in [-0.2, 0) is 6.18 Å². The molecule has 0 fully saturated rings. The SMILES string of the molecule is CC(O)c1nc(-c2ccc(C(F)(F)F)cc2)cs1. The van der Waals surface area contributed by atoms with E-state index < -0.39 is 17.8 Å². The summed E-state index contributed by atoms with van der Waals surface area (Å²) in [6, 6.07) is 4.81. The van der Waals surface area contributed by atoms with Gasteiger partial charge in [0.25, 0.3) is 0 Å². The van der Waals surface area contributed by atoms with E-state index in [1.54, 1.807) is 12.3 Å². The van der Waals surface area contributed by atoms with Gasteiger partial charge >= 0.3 is 6.18 Å². The lowest BCUT2D eigenvalue weighted by molar-refractivity contribution is -0.137. The molecule has 0 aliphatic carbocycles. The number of alkyl halides is 3. The van der Waals surface area contributed by atoms with Crippen LogP contribution in [0, 0.1) is 0 Å². The van der Waals surface area contributed by atoms with Crippen LogP contribution in [0.4, 0.5) is 13.2 Å². The highest BCUT2D eigenvalue weighted by atomic mass is 32.1. The number of rotatable bonds is 2. The molecule has 0 spiro atoms. The van der Waals surface area contributed by atoms with Crippen molar-refractivity contribution in [2.75, 3.05) is 0 Å². The molecular weight excluding hydrogens is 263 g/mol. The smallest absolute Gasteiger partial charge is 0.386 e. The number of thiazole rings is 1. The van der Waals surface area contributed by atoms with Gasteiger partial charge in [-0.3, -0.25) is 0 Å². The van der Waals surface area contributed by atoms with Crippen molar-refractivity contribution in [1.29, 1.82) is 0 Å². The maximum Gasteiger partial charge on any atom is 0.416 e. The molecule has 2 nitrogen and oxygen atoms in total. The highest BCUT2D eigenvalue weighted by molar-refractivity contribution is 7.10. The monoisotopic (exact) mass is 273 g/mol. The number of aromatic nitrogens is 1. The first-order chi connectivity index (χ1) is 8.38. The highest BCUT2D eigenvalue weighted by Gasteiger charge is 2.30. The number of nitrogens with zero attached hydrogens (tertiary/aromatic N) is 1. The average Bonchev–Trinajstić information content (AvgIpc) is 2.77. The van der Waals surface area contributed by atoms with E-state index in [0.717, 1.165) is 12.1 Å². The van der Waals surface area contributed by atoms with Gasteiger partial charge in [-0.25, -0.2) is 4.98 Å². The zero-order valence-electron chi connectivity index (χ0n) is 9.40. The summed E-state index contributed by atoms with van der Waals surface area (Å²) in [5.74, 6) is 0. The molecule has 2 rings (SSSR count). The molecule has 0 bridgehead atoms. The summed E-state index contributed by atoms with van der Waals surface area (Å²) in [4.78, 5) is 4.16. The van der Waals surface area contributed by atoms with Gasteiger partial charge in [0.05, 0.1) is 11.3 Å². The van der Waals surface area contributed by atoms with Crippen molar-refractivity contribution >= 4 is 11.3 Å². The van der Waals surface area contributed by atoms with Crippen LogP contribution in [0.15, 0.2) is 29.6 Å². The molecule has 6 heteroatoms. The van der Waals surface area contributed by atoms with Gasteiger partial charge in [0.15, 0.2) is 0 Å². The summed E-state index contributed by atoms with van der Waals surface area (Å²) >= 11 is 1.28. The highest BCUT2D eigenvalue weighted by Crippen LogP contribution is 2.31. The minimum absolute atomic E-state index is 0.546. The molecule has 0 saturated carbocycles. The molecule has 2 aromatic rings. The van der Waals surface area contributed by atoms with E-state index in [4.69, 9.17) is 0 Å². The summed E-state index contributed by atoms with van der Waals surface area (Å²) < 4.78 is 37.2. The summed E-state index contributed by atoms with van der Waals surface area (Å²) in [7, 11) is 0. The third-order valence-electron chi connectivity index (χ3n) is 2.39. The van der Waals surface area contributed by atoms with Crippen molar-refractivity contribution in [1.82, 2.24) is 4.98 Å². The van der Waals surface area contributed by atoms with E-state index in [1.165, 1.54) is 23.5 Å². The first kappa shape index (κ1) is 13.0. The van der Waals surface area contributed by atoms with Crippen LogP contribution in [0.25, 0.3) is 11.3 Å². The van der Waals surface area contributed by atoms with Gasteiger partial charge in [0, 0.05) is 10.9 Å². The Kier molecular flexibility index (Phi) is 3.41. The Morgan fingerprint density at radius 3 is 2.28 bits per heavy atom. The van der Waals surface area contributed by atoms with Gasteiger partial charge in [0.1, 0.15) is 11.1 Å². The Morgan fingerprint density at radius 2 is 1.83 bits per heavy atom. The number of aliphatic hydroxyl groups excluding tert-OH is 1. The van der Waals surface area contributed by atoms with Crippen molar-refractivity contribution < 1.29 is 18.3 Å². The minimum atomic E-state index is -4.33. The predicted octanol–water partition coefficient (Wildman–Crippen LogP) is 3.88. The van der Waals surface area contributed by atoms with E-state index in [9.17, 15) is 18.3 Å². The quantitative estimate of drug-likeness (QED) is 0.900. The first-order valence-corrected chi connectivity index (χ1v) is 6.07. The molecule has 0 radical (unpaired) electrons. The molecular formula is C12H10F3NOS. The van der Waals surface area contributed by atoms with Crippen LogP contribution in [0.3, 0.4) is 0 Å². The molecule has 0 aliphatic heterocycles. The Balaban J connectivity index is 2.29. The zero-order chi connectivity index (χ0) is 13.3. The fourth-order valence-electron chi connectivity index (χ4n) is 1.44. The van der Waals surface area contributed by atoms with Gasteiger partial charge in [0.2, 0.25) is 0 Å². The Morgan fingerprint density at radius 1 is 1.22 bits per heavy atom. The Hall–Kier alpha value is -1.40. The van der Waals surface area contributed by atoms with Gasteiger partial charge in [-0.1, -0.05) is 12.1 Å². The lowest BCUT2D eigenvalue weighted by atomic mass is 10.1. The standard InChI is InChI=1S/C12H10F3NOS/c1-7(17)11-16-10(6-18-11)8-2-4-9(5-3-8)12(13,14)15/h2-7,17H,1H3. The fraction of sp³-hybridized carbons (Fsp3) is 0.250. The summed E-state index contributed by atoms with van der Waals surface area (Å²) in [6.45, 7) is 1.59. The van der Waals surface area contributed by atoms with Crippen molar-refractivity contribution in [2.45, 2.75) is 19.2 Å². The third-order valence-corrected chi connectivity index (χ3v) is 3.40. The Bertz CT molecular complexity index is 531. The predicted molar refractivity (Wildman–Crippen MR) is 63.2 cm³/mol. The first-order valence-electron chi connectivity index (χ1n) is 5.19. The molecule has 96 valence electrons. The fourth-order valence-corrected chi connectivity index (χ4v) is 2.21. The number of hydrogen-bond acceptors (Lipinski definition) is 3. The van der Waals surface area contributed by atoms with Crippen molar-refractivity contribution in [2.24, 2.45) is 0 Å². The molecule has 1 heterocycles. The number of aliphatic hydroxyl groups is 1. The second-order valence-corrected chi connectivity index (χ2v) is 4.71. The van der Waals surface area contributed by atoms with Crippen LogP contribution in [0.2, 0.25) is 0 Å². The largest absolute Gasteiger partial charge is 0.416 e. The van der Waals surface area contributed by atoms with E-state index in [0.29, 0.717) is 16.3 Å². The lowest BCUT2D eigenvalue weighted by Gasteiger charge is -2.06. The van der Waals surface area contributed by atoms with E-state index in [1.807, 2.05) is 0 Å². The summed E-state index contributed by atoms with van der Waals surface area (Å²) in [5.41, 5.74) is 0.494. The van der Waals surface area contributed by atoms with Gasteiger partial charge in [-0.2, -0.15) is 13.2 Å². The maximum absolute atomic E-state index is 12.4. The molecule has 1 unspecified atom stereocenters. The van der Waals surface area contributed by atoms with Crippen molar-refractivity contribution in [3.05, 3.63) is 40.2 Å². The molecule has 1 N–H and O–H groups in total. The second-order valence-electron chi connectivity index (χ2n) is 3.82. The normalized spacial score (nSPS) is 13.6. The zero-order valence-corrected chi connectivity index (χ0v) is 10.2. The molecule has 18 heavy (non-hydrogen) atoms. The van der Waals surface area contributed by atoms with Gasteiger partial charge < -0.3 is 5.11 Å². The lowest BCUT2D eigenvalue weighted by Crippen LogP contribution is -2.04. The molecule has 0 amide bonds. The number of hydrogen-bond donors (Lipinski definition) is 1. The number of benzene rings is 1. The molecule has 1 aromatic heterocycles. The molecule has 0 aliphatic rings. The summed E-state index contributed by atoms with van der Waals surface area (Å²) in [6.07, 6.45) is -5.00. The van der Waals surface area contributed by atoms with Crippen LogP contribution in [0.1, 0.15) is 23.6 Å². The van der Waals surface area contributed by atoms with E-state index >= 15 is 0 Å². The van der Waals surface area contributed by atoms with Crippen LogP contribution in [-0.4, -0.2) is 10.1 Å².